The van der Waals surface area contributed by atoms with Crippen LogP contribution in [0, 0.1) is 0 Å². The van der Waals surface area contributed by atoms with Crippen molar-refractivity contribution in [3.8, 4) is 0 Å². The molecule has 2 aromatic carbocycles. The van der Waals surface area contributed by atoms with E-state index in [-0.39, 0.29) is 6.73 Å². The number of carbonyl (C=O) groups excluding carboxylic acids is 2. The molecule has 0 saturated heterocycles. The summed E-state index contributed by atoms with van der Waals surface area (Å²) < 4.78 is 9.75. The molecule has 0 spiro atoms. The zero-order valence-electron chi connectivity index (χ0n) is 12.1. The monoisotopic (exact) mass is 300 g/mol. The molecule has 0 heterocycles. The van der Waals surface area contributed by atoms with E-state index in [0.29, 0.717) is 11.4 Å². The second-order valence-corrected chi connectivity index (χ2v) is 4.29. The fourth-order valence-corrected chi connectivity index (χ4v) is 1.75. The molecule has 0 fully saturated rings. The lowest BCUT2D eigenvalue weighted by atomic mass is 10.3. The molecule has 0 saturated carbocycles. The standard InChI is InChI=1S/C16H16N2O4/c1-21-16(20)18(14-10-6-3-7-11-14)12-22-15(19)17-13-8-4-2-5-9-13/h2-11H,12H2,1H3,(H,17,19). The van der Waals surface area contributed by atoms with Crippen LogP contribution in [0.2, 0.25) is 0 Å². The van der Waals surface area contributed by atoms with Crippen LogP contribution in [0.25, 0.3) is 0 Å². The van der Waals surface area contributed by atoms with Crippen molar-refractivity contribution in [2.24, 2.45) is 0 Å². The highest BCUT2D eigenvalue weighted by atomic mass is 16.6. The van der Waals surface area contributed by atoms with Gasteiger partial charge in [-0.1, -0.05) is 36.4 Å². The molecule has 0 radical (unpaired) electrons. The molecule has 0 bridgehead atoms. The number of ether oxygens (including phenoxy) is 2. The number of amides is 2. The van der Waals surface area contributed by atoms with E-state index in [0.717, 1.165) is 0 Å². The van der Waals surface area contributed by atoms with Crippen LogP contribution in [0.4, 0.5) is 21.0 Å². The minimum Gasteiger partial charge on any atom is -0.452 e. The van der Waals surface area contributed by atoms with Crippen molar-refractivity contribution >= 4 is 23.6 Å². The molecule has 22 heavy (non-hydrogen) atoms. The molecule has 6 heteroatoms. The molecule has 2 aromatic rings. The largest absolute Gasteiger partial charge is 0.452 e. The first-order chi connectivity index (χ1) is 10.7. The van der Waals surface area contributed by atoms with E-state index < -0.39 is 12.2 Å². The van der Waals surface area contributed by atoms with Crippen LogP contribution < -0.4 is 10.2 Å². The summed E-state index contributed by atoms with van der Waals surface area (Å²) in [4.78, 5) is 24.7. The summed E-state index contributed by atoms with van der Waals surface area (Å²) in [7, 11) is 1.27. The Labute approximate surface area is 128 Å². The van der Waals surface area contributed by atoms with Crippen molar-refractivity contribution < 1.29 is 19.1 Å². The summed E-state index contributed by atoms with van der Waals surface area (Å²) in [5.41, 5.74) is 1.18. The van der Waals surface area contributed by atoms with Crippen LogP contribution in [0.5, 0.6) is 0 Å². The third-order valence-corrected chi connectivity index (χ3v) is 2.81. The average molecular weight is 300 g/mol. The quantitative estimate of drug-likeness (QED) is 0.878. The number of anilines is 2. The highest BCUT2D eigenvalue weighted by Gasteiger charge is 2.17. The van der Waals surface area contributed by atoms with Gasteiger partial charge in [0.25, 0.3) is 0 Å². The van der Waals surface area contributed by atoms with Crippen LogP contribution in [-0.2, 0) is 9.47 Å². The number of nitrogens with one attached hydrogen (secondary N) is 1. The number of carbonyl (C=O) groups is 2. The van der Waals surface area contributed by atoms with Gasteiger partial charge in [0, 0.05) is 5.69 Å². The van der Waals surface area contributed by atoms with Crippen molar-refractivity contribution in [3.05, 3.63) is 60.7 Å². The van der Waals surface area contributed by atoms with Crippen LogP contribution >= 0.6 is 0 Å². The third kappa shape index (κ3) is 4.24. The maximum absolute atomic E-state index is 11.8. The zero-order chi connectivity index (χ0) is 15.8. The Kier molecular flexibility index (Phi) is 5.37. The van der Waals surface area contributed by atoms with Gasteiger partial charge in [0.15, 0.2) is 6.73 Å². The molecule has 0 atom stereocenters. The van der Waals surface area contributed by atoms with Gasteiger partial charge in [0.1, 0.15) is 0 Å². The number of hydrogen-bond donors (Lipinski definition) is 1. The second kappa shape index (κ2) is 7.68. The Morgan fingerprint density at radius 2 is 1.59 bits per heavy atom. The number of hydrogen-bond acceptors (Lipinski definition) is 4. The van der Waals surface area contributed by atoms with E-state index in [4.69, 9.17) is 9.47 Å². The molecule has 0 unspecified atom stereocenters. The maximum atomic E-state index is 11.8. The van der Waals surface area contributed by atoms with Crippen molar-refractivity contribution in [1.82, 2.24) is 0 Å². The van der Waals surface area contributed by atoms with Gasteiger partial charge in [-0.2, -0.15) is 0 Å². The van der Waals surface area contributed by atoms with E-state index in [2.05, 4.69) is 5.32 Å². The van der Waals surface area contributed by atoms with E-state index in [1.807, 2.05) is 12.1 Å². The van der Waals surface area contributed by atoms with E-state index >= 15 is 0 Å². The Balaban J connectivity index is 1.97. The highest BCUT2D eigenvalue weighted by molar-refractivity contribution is 5.88. The summed E-state index contributed by atoms with van der Waals surface area (Å²) in [5, 5.41) is 2.57. The van der Waals surface area contributed by atoms with Crippen LogP contribution in [0.15, 0.2) is 60.7 Å². The van der Waals surface area contributed by atoms with Crippen LogP contribution in [-0.4, -0.2) is 26.0 Å². The number of methoxy groups -OCH3 is 1. The first kappa shape index (κ1) is 15.4. The fraction of sp³-hybridized carbons (Fsp3) is 0.125. The van der Waals surface area contributed by atoms with Gasteiger partial charge in [-0.25, -0.2) is 14.5 Å². The molecule has 0 aliphatic rings. The molecule has 1 N–H and O–H groups in total. The van der Waals surface area contributed by atoms with E-state index in [9.17, 15) is 9.59 Å². The summed E-state index contributed by atoms with van der Waals surface area (Å²) in [5.74, 6) is 0. The molecule has 2 amide bonds. The van der Waals surface area contributed by atoms with Crippen molar-refractivity contribution in [1.29, 1.82) is 0 Å². The van der Waals surface area contributed by atoms with Gasteiger partial charge >= 0.3 is 12.2 Å². The summed E-state index contributed by atoms with van der Waals surface area (Å²) in [6.45, 7) is -0.255. The SMILES string of the molecule is COC(=O)N(COC(=O)Nc1ccccc1)c1ccccc1. The Hall–Kier alpha value is -3.02. The van der Waals surface area contributed by atoms with Gasteiger partial charge < -0.3 is 9.47 Å². The van der Waals surface area contributed by atoms with Gasteiger partial charge in [0.2, 0.25) is 0 Å². The average Bonchev–Trinajstić information content (AvgIpc) is 2.56. The predicted molar refractivity (Wildman–Crippen MR) is 82.7 cm³/mol. The van der Waals surface area contributed by atoms with Crippen LogP contribution in [0.1, 0.15) is 0 Å². The van der Waals surface area contributed by atoms with E-state index in [1.54, 1.807) is 48.5 Å². The Morgan fingerprint density at radius 3 is 2.18 bits per heavy atom. The van der Waals surface area contributed by atoms with Gasteiger partial charge in [-0.05, 0) is 24.3 Å². The first-order valence-electron chi connectivity index (χ1n) is 6.60. The second-order valence-electron chi connectivity index (χ2n) is 4.29. The normalized spacial score (nSPS) is 9.68. The Morgan fingerprint density at radius 1 is 1.00 bits per heavy atom. The highest BCUT2D eigenvalue weighted by Crippen LogP contribution is 2.14. The lowest BCUT2D eigenvalue weighted by Crippen LogP contribution is -2.34. The molecule has 0 aromatic heterocycles. The smallest absolute Gasteiger partial charge is 0.416 e. The van der Waals surface area contributed by atoms with Gasteiger partial charge in [-0.15, -0.1) is 0 Å². The zero-order valence-corrected chi connectivity index (χ0v) is 12.1. The summed E-state index contributed by atoms with van der Waals surface area (Å²) in [6.07, 6.45) is -1.27. The maximum Gasteiger partial charge on any atom is 0.416 e. The molecule has 114 valence electrons. The fourth-order valence-electron chi connectivity index (χ4n) is 1.75. The van der Waals surface area contributed by atoms with Crippen LogP contribution in [0.3, 0.4) is 0 Å². The molecular weight excluding hydrogens is 284 g/mol. The lowest BCUT2D eigenvalue weighted by molar-refractivity contribution is 0.147. The molecule has 2 rings (SSSR count). The molecule has 6 nitrogen and oxygen atoms in total. The molecule has 0 aliphatic carbocycles. The number of rotatable bonds is 4. The summed E-state index contributed by atoms with van der Waals surface area (Å²) in [6, 6.07) is 17.7. The minimum atomic E-state index is -0.656. The van der Waals surface area contributed by atoms with Crippen molar-refractivity contribution in [2.75, 3.05) is 24.1 Å². The van der Waals surface area contributed by atoms with Crippen molar-refractivity contribution in [3.63, 3.8) is 0 Å². The minimum absolute atomic E-state index is 0.255. The topological polar surface area (TPSA) is 67.9 Å². The number of benzene rings is 2. The summed E-state index contributed by atoms with van der Waals surface area (Å²) >= 11 is 0. The predicted octanol–water partition coefficient (Wildman–Crippen LogP) is 3.47. The molecular formula is C16H16N2O4. The number of para-hydroxylation sites is 2. The Bertz CT molecular complexity index is 617. The third-order valence-electron chi connectivity index (χ3n) is 2.81. The lowest BCUT2D eigenvalue weighted by Gasteiger charge is -2.20. The van der Waals surface area contributed by atoms with E-state index in [1.165, 1.54) is 12.0 Å². The van der Waals surface area contributed by atoms with Gasteiger partial charge in [0.05, 0.1) is 12.8 Å². The van der Waals surface area contributed by atoms with Gasteiger partial charge in [-0.3, -0.25) is 5.32 Å². The number of nitrogens with zero attached hydrogens (tertiary/aromatic N) is 1. The molecule has 0 aliphatic heterocycles. The van der Waals surface area contributed by atoms with Crippen molar-refractivity contribution in [2.45, 2.75) is 0 Å². The first-order valence-corrected chi connectivity index (χ1v) is 6.60.